The Morgan fingerprint density at radius 1 is 0.263 bits per heavy atom. The van der Waals surface area contributed by atoms with E-state index in [1.165, 1.54) is 76.5 Å². The third-order valence-electron chi connectivity index (χ3n) is 8.02. The number of benzene rings is 8. The smallest absolute Gasteiger partial charge is 0.00206 e. The maximum Gasteiger partial charge on any atom is -0.00206 e. The zero-order chi connectivity index (χ0) is 25.1. The lowest BCUT2D eigenvalue weighted by molar-refractivity contribution is 1.59. The lowest BCUT2D eigenvalue weighted by Crippen LogP contribution is -1.87. The van der Waals surface area contributed by atoms with Crippen LogP contribution in [0.3, 0.4) is 0 Å². The molecule has 0 aliphatic heterocycles. The Morgan fingerprint density at radius 2 is 0.842 bits per heavy atom. The fraction of sp³-hybridized carbons (Fsp3) is 0. The Bertz CT molecular complexity index is 2090. The summed E-state index contributed by atoms with van der Waals surface area (Å²) in [5.74, 6) is 0. The number of hydrogen-bond donors (Lipinski definition) is 0. The lowest BCUT2D eigenvalue weighted by atomic mass is 9.89. The molecular formula is C38H24. The van der Waals surface area contributed by atoms with E-state index in [0.717, 1.165) is 0 Å². The fourth-order valence-electron chi connectivity index (χ4n) is 6.17. The van der Waals surface area contributed by atoms with E-state index in [1.807, 2.05) is 0 Å². The molecular weight excluding hydrogens is 456 g/mol. The maximum atomic E-state index is 2.31. The molecule has 0 nitrogen and oxygen atoms in total. The van der Waals surface area contributed by atoms with Crippen LogP contribution in [0.1, 0.15) is 0 Å². The molecule has 0 fully saturated rings. The van der Waals surface area contributed by atoms with Crippen LogP contribution in [0.2, 0.25) is 0 Å². The largest absolute Gasteiger partial charge is 0.0616 e. The Kier molecular flexibility index (Phi) is 4.62. The van der Waals surface area contributed by atoms with Gasteiger partial charge in [0.1, 0.15) is 0 Å². The summed E-state index contributed by atoms with van der Waals surface area (Å²) in [6, 6.07) is 53.3. The van der Waals surface area contributed by atoms with E-state index in [-0.39, 0.29) is 0 Å². The average Bonchev–Trinajstić information content (AvgIpc) is 3.00. The first kappa shape index (κ1) is 21.2. The van der Waals surface area contributed by atoms with Gasteiger partial charge in [0.05, 0.1) is 0 Å². The van der Waals surface area contributed by atoms with Crippen LogP contribution in [0, 0.1) is 0 Å². The molecule has 8 aromatic carbocycles. The van der Waals surface area contributed by atoms with Crippen LogP contribution in [0.5, 0.6) is 0 Å². The van der Waals surface area contributed by atoms with E-state index in [2.05, 4.69) is 146 Å². The van der Waals surface area contributed by atoms with Crippen LogP contribution >= 0.6 is 0 Å². The first-order chi connectivity index (χ1) is 18.8. The molecule has 176 valence electrons. The van der Waals surface area contributed by atoms with E-state index < -0.39 is 0 Å². The van der Waals surface area contributed by atoms with Crippen molar-refractivity contribution in [3.05, 3.63) is 146 Å². The standard InChI is InChI=1S/C38H24/c1-2-12-33-26(6-1)7-5-13-34(33)32-11-4-10-31(24-32)25-14-16-27(17-15-25)35-22-20-30-19-18-28-8-3-9-29-21-23-36(35)38(30)37(28)29/h1-24H. The van der Waals surface area contributed by atoms with Gasteiger partial charge in [-0.15, -0.1) is 0 Å². The minimum Gasteiger partial charge on any atom is -0.0616 e. The number of rotatable bonds is 3. The minimum atomic E-state index is 1.23. The Labute approximate surface area is 221 Å². The Hall–Kier alpha value is -4.94. The van der Waals surface area contributed by atoms with E-state index in [4.69, 9.17) is 0 Å². The zero-order valence-corrected chi connectivity index (χ0v) is 20.9. The zero-order valence-electron chi connectivity index (χ0n) is 20.9. The monoisotopic (exact) mass is 480 g/mol. The van der Waals surface area contributed by atoms with Crippen molar-refractivity contribution >= 4 is 43.1 Å². The molecule has 0 bridgehead atoms. The summed E-state index contributed by atoms with van der Waals surface area (Å²) in [5, 5.41) is 10.5. The van der Waals surface area contributed by atoms with Gasteiger partial charge in [0.2, 0.25) is 0 Å². The van der Waals surface area contributed by atoms with Gasteiger partial charge < -0.3 is 0 Å². The summed E-state index contributed by atoms with van der Waals surface area (Å²) in [7, 11) is 0. The topological polar surface area (TPSA) is 0 Å². The van der Waals surface area contributed by atoms with Crippen molar-refractivity contribution in [1.29, 1.82) is 0 Å². The molecule has 38 heavy (non-hydrogen) atoms. The van der Waals surface area contributed by atoms with Gasteiger partial charge in [-0.2, -0.15) is 0 Å². The van der Waals surface area contributed by atoms with Crippen LogP contribution in [0.15, 0.2) is 146 Å². The Morgan fingerprint density at radius 3 is 1.71 bits per heavy atom. The SMILES string of the molecule is c1cc(-c2ccc(-c3ccc4ccc5cccc6ccc3c4c56)cc2)cc(-c2cccc3ccccc23)c1. The van der Waals surface area contributed by atoms with Crippen molar-refractivity contribution in [3.63, 3.8) is 0 Å². The van der Waals surface area contributed by atoms with Crippen molar-refractivity contribution in [1.82, 2.24) is 0 Å². The lowest BCUT2D eigenvalue weighted by Gasteiger charge is -2.14. The fourth-order valence-corrected chi connectivity index (χ4v) is 6.17. The van der Waals surface area contributed by atoms with Crippen molar-refractivity contribution < 1.29 is 0 Å². The molecule has 0 N–H and O–H groups in total. The highest BCUT2D eigenvalue weighted by molar-refractivity contribution is 6.25. The third-order valence-corrected chi connectivity index (χ3v) is 8.02. The van der Waals surface area contributed by atoms with Crippen LogP contribution in [0.25, 0.3) is 76.5 Å². The molecule has 0 spiro atoms. The molecule has 0 heteroatoms. The highest BCUT2D eigenvalue weighted by atomic mass is 14.2. The van der Waals surface area contributed by atoms with Gasteiger partial charge in [0, 0.05) is 0 Å². The highest BCUT2D eigenvalue weighted by Crippen LogP contribution is 2.40. The van der Waals surface area contributed by atoms with E-state index in [1.54, 1.807) is 0 Å². The first-order valence-corrected chi connectivity index (χ1v) is 13.2. The highest BCUT2D eigenvalue weighted by Gasteiger charge is 2.12. The molecule has 8 aromatic rings. The molecule has 0 aromatic heterocycles. The molecule has 0 aliphatic carbocycles. The molecule has 0 heterocycles. The van der Waals surface area contributed by atoms with Crippen molar-refractivity contribution in [3.8, 4) is 33.4 Å². The molecule has 0 saturated carbocycles. The van der Waals surface area contributed by atoms with Gasteiger partial charge in [-0.05, 0) is 82.5 Å². The summed E-state index contributed by atoms with van der Waals surface area (Å²) in [6.07, 6.45) is 0. The maximum absolute atomic E-state index is 2.31. The third kappa shape index (κ3) is 3.24. The Balaban J connectivity index is 1.22. The molecule has 8 rings (SSSR count). The summed E-state index contributed by atoms with van der Waals surface area (Å²) >= 11 is 0. The number of fused-ring (bicyclic) bond motifs is 1. The average molecular weight is 481 g/mol. The second-order valence-corrected chi connectivity index (χ2v) is 10.2. The second-order valence-electron chi connectivity index (χ2n) is 10.2. The molecule has 0 radical (unpaired) electrons. The van der Waals surface area contributed by atoms with E-state index in [0.29, 0.717) is 0 Å². The van der Waals surface area contributed by atoms with Crippen LogP contribution in [0.4, 0.5) is 0 Å². The predicted octanol–water partition coefficient (Wildman–Crippen LogP) is 10.7. The van der Waals surface area contributed by atoms with Gasteiger partial charge >= 0.3 is 0 Å². The normalized spacial score (nSPS) is 11.7. The van der Waals surface area contributed by atoms with Crippen LogP contribution < -0.4 is 0 Å². The second kappa shape index (κ2) is 8.30. The number of hydrogen-bond acceptors (Lipinski definition) is 0. The van der Waals surface area contributed by atoms with Gasteiger partial charge in [-0.3, -0.25) is 0 Å². The van der Waals surface area contributed by atoms with Gasteiger partial charge in [0.25, 0.3) is 0 Å². The molecule has 0 saturated heterocycles. The predicted molar refractivity (Wildman–Crippen MR) is 164 cm³/mol. The van der Waals surface area contributed by atoms with Crippen molar-refractivity contribution in [2.45, 2.75) is 0 Å². The van der Waals surface area contributed by atoms with E-state index >= 15 is 0 Å². The van der Waals surface area contributed by atoms with Crippen molar-refractivity contribution in [2.24, 2.45) is 0 Å². The molecule has 0 unspecified atom stereocenters. The van der Waals surface area contributed by atoms with Crippen LogP contribution in [-0.4, -0.2) is 0 Å². The summed E-state index contributed by atoms with van der Waals surface area (Å²) in [5.41, 5.74) is 7.51. The quantitative estimate of drug-likeness (QED) is 0.221. The van der Waals surface area contributed by atoms with Crippen LogP contribution in [-0.2, 0) is 0 Å². The summed E-state index contributed by atoms with van der Waals surface area (Å²) < 4.78 is 0. The minimum absolute atomic E-state index is 1.23. The van der Waals surface area contributed by atoms with Gasteiger partial charge in [-0.1, -0.05) is 140 Å². The van der Waals surface area contributed by atoms with Gasteiger partial charge in [0.15, 0.2) is 0 Å². The molecule has 0 atom stereocenters. The van der Waals surface area contributed by atoms with Crippen molar-refractivity contribution in [2.75, 3.05) is 0 Å². The van der Waals surface area contributed by atoms with Gasteiger partial charge in [-0.25, -0.2) is 0 Å². The molecule has 0 amide bonds. The molecule has 0 aliphatic rings. The van der Waals surface area contributed by atoms with E-state index in [9.17, 15) is 0 Å². The summed E-state index contributed by atoms with van der Waals surface area (Å²) in [6.45, 7) is 0. The summed E-state index contributed by atoms with van der Waals surface area (Å²) in [4.78, 5) is 0. The first-order valence-electron chi connectivity index (χ1n) is 13.2.